The van der Waals surface area contributed by atoms with Crippen LogP contribution in [0.4, 0.5) is 0 Å². The second-order valence-corrected chi connectivity index (χ2v) is 7.98. The lowest BCUT2D eigenvalue weighted by atomic mass is 9.70. The molecule has 0 aromatic rings. The maximum Gasteiger partial charge on any atom is 0.325 e. The van der Waals surface area contributed by atoms with Gasteiger partial charge in [-0.2, -0.15) is 0 Å². The largest absolute Gasteiger partial charge is 0.468 e. The summed E-state index contributed by atoms with van der Waals surface area (Å²) in [7, 11) is 1.38. The van der Waals surface area contributed by atoms with E-state index in [4.69, 9.17) is 15.2 Å². The molecular formula is C17H31NO3. The molecule has 4 nitrogen and oxygen atoms in total. The quantitative estimate of drug-likeness (QED) is 0.605. The molecule has 2 rings (SSSR count). The van der Waals surface area contributed by atoms with Crippen molar-refractivity contribution in [3.63, 3.8) is 0 Å². The molecule has 0 heterocycles. The summed E-state index contributed by atoms with van der Waals surface area (Å²) in [6, 6.07) is 0. The SMILES string of the molecule is COC(=O)C(C)(N)CCCOC1CC2CCC1(C)C2(C)C. The number of carbonyl (C=O) groups is 1. The minimum absolute atomic E-state index is 0.298. The van der Waals surface area contributed by atoms with Gasteiger partial charge in [0, 0.05) is 6.61 Å². The Balaban J connectivity index is 1.80. The van der Waals surface area contributed by atoms with Crippen molar-refractivity contribution in [3.8, 4) is 0 Å². The standard InChI is InChI=1S/C17H31NO3/c1-15(2)12-7-9-16(15,3)13(11-12)21-10-6-8-17(4,18)14(19)20-5/h12-13H,6-11,18H2,1-5H3. The van der Waals surface area contributed by atoms with Crippen molar-refractivity contribution >= 4 is 5.97 Å². The molecule has 122 valence electrons. The van der Waals surface area contributed by atoms with Gasteiger partial charge in [0.15, 0.2) is 0 Å². The van der Waals surface area contributed by atoms with Crippen LogP contribution in [0.5, 0.6) is 0 Å². The second kappa shape index (κ2) is 5.54. The Morgan fingerprint density at radius 3 is 2.52 bits per heavy atom. The number of carbonyl (C=O) groups excluding carboxylic acids is 1. The molecule has 0 radical (unpaired) electrons. The number of hydrogen-bond donors (Lipinski definition) is 1. The normalized spacial score (nSPS) is 36.5. The lowest BCUT2D eigenvalue weighted by Gasteiger charge is -2.39. The average molecular weight is 297 g/mol. The first-order valence-electron chi connectivity index (χ1n) is 8.14. The Hall–Kier alpha value is -0.610. The summed E-state index contributed by atoms with van der Waals surface area (Å²) in [4.78, 5) is 11.5. The summed E-state index contributed by atoms with van der Waals surface area (Å²) in [5.41, 5.74) is 5.74. The molecule has 0 aliphatic heterocycles. The molecule has 0 amide bonds. The van der Waals surface area contributed by atoms with E-state index in [1.54, 1.807) is 6.92 Å². The van der Waals surface area contributed by atoms with E-state index in [1.165, 1.54) is 26.4 Å². The molecule has 2 bridgehead atoms. The van der Waals surface area contributed by atoms with E-state index >= 15 is 0 Å². The van der Waals surface area contributed by atoms with Crippen LogP contribution in [0.1, 0.15) is 59.8 Å². The highest BCUT2D eigenvalue weighted by Crippen LogP contribution is 2.66. The van der Waals surface area contributed by atoms with Gasteiger partial charge in [-0.25, -0.2) is 0 Å². The zero-order valence-corrected chi connectivity index (χ0v) is 14.2. The zero-order chi connectivity index (χ0) is 15.9. The molecule has 2 N–H and O–H groups in total. The number of nitrogens with two attached hydrogens (primary N) is 1. The highest BCUT2D eigenvalue weighted by Gasteiger charge is 2.61. The van der Waals surface area contributed by atoms with Crippen LogP contribution in [0.2, 0.25) is 0 Å². The fourth-order valence-electron chi connectivity index (χ4n) is 4.38. The van der Waals surface area contributed by atoms with Gasteiger partial charge in [0.2, 0.25) is 0 Å². The van der Waals surface area contributed by atoms with Gasteiger partial charge < -0.3 is 15.2 Å². The third kappa shape index (κ3) is 2.72. The van der Waals surface area contributed by atoms with Crippen molar-refractivity contribution in [2.75, 3.05) is 13.7 Å². The Morgan fingerprint density at radius 1 is 1.38 bits per heavy atom. The van der Waals surface area contributed by atoms with E-state index in [0.717, 1.165) is 12.3 Å². The third-order valence-electron chi connectivity index (χ3n) is 6.53. The maximum atomic E-state index is 11.5. The molecular weight excluding hydrogens is 266 g/mol. The fourth-order valence-corrected chi connectivity index (χ4v) is 4.38. The van der Waals surface area contributed by atoms with Gasteiger partial charge in [-0.1, -0.05) is 20.8 Å². The van der Waals surface area contributed by atoms with Crippen molar-refractivity contribution < 1.29 is 14.3 Å². The van der Waals surface area contributed by atoms with Crippen LogP contribution in [0.25, 0.3) is 0 Å². The van der Waals surface area contributed by atoms with Gasteiger partial charge in [0.05, 0.1) is 13.2 Å². The van der Waals surface area contributed by atoms with E-state index < -0.39 is 5.54 Å². The molecule has 2 saturated carbocycles. The highest BCUT2D eigenvalue weighted by atomic mass is 16.5. The van der Waals surface area contributed by atoms with E-state index in [0.29, 0.717) is 30.0 Å². The molecule has 4 unspecified atom stereocenters. The smallest absolute Gasteiger partial charge is 0.325 e. The Bertz CT molecular complexity index is 405. The lowest BCUT2D eigenvalue weighted by Crippen LogP contribution is -2.46. The maximum absolute atomic E-state index is 11.5. The first kappa shape index (κ1) is 16.8. The van der Waals surface area contributed by atoms with Crippen LogP contribution in [0, 0.1) is 16.7 Å². The van der Waals surface area contributed by atoms with Crippen LogP contribution < -0.4 is 5.73 Å². The number of esters is 1. The van der Waals surface area contributed by atoms with Crippen LogP contribution in [0.3, 0.4) is 0 Å². The van der Waals surface area contributed by atoms with Crippen molar-refractivity contribution in [3.05, 3.63) is 0 Å². The zero-order valence-electron chi connectivity index (χ0n) is 14.2. The van der Waals surface area contributed by atoms with Crippen LogP contribution >= 0.6 is 0 Å². The van der Waals surface area contributed by atoms with Crippen LogP contribution in [-0.2, 0) is 14.3 Å². The lowest BCUT2D eigenvalue weighted by molar-refractivity contribution is -0.146. The van der Waals surface area contributed by atoms with Crippen LogP contribution in [0.15, 0.2) is 0 Å². The molecule has 4 heteroatoms. The summed E-state index contributed by atoms with van der Waals surface area (Å²) in [5, 5.41) is 0. The monoisotopic (exact) mass is 297 g/mol. The number of hydrogen-bond acceptors (Lipinski definition) is 4. The Morgan fingerprint density at radius 2 is 2.05 bits per heavy atom. The van der Waals surface area contributed by atoms with Crippen LogP contribution in [-0.4, -0.2) is 31.3 Å². The van der Waals surface area contributed by atoms with Gasteiger partial charge in [-0.3, -0.25) is 4.79 Å². The van der Waals surface area contributed by atoms with E-state index in [-0.39, 0.29) is 5.97 Å². The van der Waals surface area contributed by atoms with Gasteiger partial charge in [-0.05, 0) is 55.8 Å². The summed E-state index contributed by atoms with van der Waals surface area (Å²) in [5.74, 6) is 0.442. The van der Waals surface area contributed by atoms with Gasteiger partial charge in [0.25, 0.3) is 0 Å². The van der Waals surface area contributed by atoms with Crippen molar-refractivity contribution in [1.29, 1.82) is 0 Å². The second-order valence-electron chi connectivity index (χ2n) is 7.98. The molecule has 4 atom stereocenters. The molecule has 0 saturated heterocycles. The topological polar surface area (TPSA) is 61.5 Å². The number of methoxy groups -OCH3 is 1. The minimum atomic E-state index is -0.907. The molecule has 0 spiro atoms. The fraction of sp³-hybridized carbons (Fsp3) is 0.941. The Kier molecular flexibility index (Phi) is 4.42. The minimum Gasteiger partial charge on any atom is -0.468 e. The van der Waals surface area contributed by atoms with Gasteiger partial charge in [0.1, 0.15) is 5.54 Å². The predicted octanol–water partition coefficient (Wildman–Crippen LogP) is 2.89. The summed E-state index contributed by atoms with van der Waals surface area (Å²) < 4.78 is 10.9. The first-order chi connectivity index (χ1) is 9.65. The highest BCUT2D eigenvalue weighted by molar-refractivity contribution is 5.79. The van der Waals surface area contributed by atoms with Crippen molar-refractivity contribution in [2.24, 2.45) is 22.5 Å². The van der Waals surface area contributed by atoms with E-state index in [9.17, 15) is 4.79 Å². The number of rotatable bonds is 6. The van der Waals surface area contributed by atoms with Crippen molar-refractivity contribution in [1.82, 2.24) is 0 Å². The molecule has 2 aliphatic rings. The van der Waals surface area contributed by atoms with Gasteiger partial charge in [-0.15, -0.1) is 0 Å². The molecule has 0 aromatic heterocycles. The third-order valence-corrected chi connectivity index (χ3v) is 6.53. The average Bonchev–Trinajstić information content (AvgIpc) is 2.75. The number of fused-ring (bicyclic) bond motifs is 2. The van der Waals surface area contributed by atoms with E-state index in [1.807, 2.05) is 0 Å². The molecule has 0 aromatic carbocycles. The number of ether oxygens (including phenoxy) is 2. The van der Waals surface area contributed by atoms with E-state index in [2.05, 4.69) is 20.8 Å². The summed E-state index contributed by atoms with van der Waals surface area (Å²) in [6.45, 7) is 9.56. The van der Waals surface area contributed by atoms with Gasteiger partial charge >= 0.3 is 5.97 Å². The Labute approximate surface area is 128 Å². The summed E-state index contributed by atoms with van der Waals surface area (Å²) >= 11 is 0. The predicted molar refractivity (Wildman–Crippen MR) is 82.8 cm³/mol. The first-order valence-corrected chi connectivity index (χ1v) is 8.14. The molecule has 2 fully saturated rings. The molecule has 21 heavy (non-hydrogen) atoms. The van der Waals surface area contributed by atoms with Crippen molar-refractivity contribution in [2.45, 2.75) is 71.4 Å². The summed E-state index contributed by atoms with van der Waals surface area (Å²) in [6.07, 6.45) is 5.53. The molecule has 2 aliphatic carbocycles.